The minimum Gasteiger partial charge on any atom is -0.455 e. The molecule has 1 saturated heterocycles. The number of ether oxygens (including phenoxy) is 6. The topological polar surface area (TPSA) is 451 Å². The molecule has 8 rings (SSSR count). The lowest BCUT2D eigenvalue weighted by molar-refractivity contribution is -0.150. The number of nitrogens with two attached hydrogens (primary N) is 1. The maximum Gasteiger partial charge on any atom is 0.407 e. The van der Waals surface area contributed by atoms with Crippen molar-refractivity contribution < 1.29 is 98.8 Å². The highest BCUT2D eigenvalue weighted by molar-refractivity contribution is 7.90. The molecule has 0 radical (unpaired) electrons. The van der Waals surface area contributed by atoms with Crippen molar-refractivity contribution in [1.29, 1.82) is 0 Å². The van der Waals surface area contributed by atoms with Gasteiger partial charge in [0.15, 0.2) is 6.10 Å². The largest absolute Gasteiger partial charge is 0.455 e. The van der Waals surface area contributed by atoms with Crippen LogP contribution >= 0.6 is 11.3 Å². The van der Waals surface area contributed by atoms with Crippen molar-refractivity contribution in [2.75, 3.05) is 96.3 Å². The first-order valence-electron chi connectivity index (χ1n) is 47.2. The second-order valence-electron chi connectivity index (χ2n) is 35.7. The van der Waals surface area contributed by atoms with Gasteiger partial charge in [0.05, 0.1) is 76.0 Å². The number of carbonyl (C=O) groups excluding carboxylic acids is 12. The van der Waals surface area contributed by atoms with Gasteiger partial charge in [0.25, 0.3) is 15.9 Å². The first-order valence-corrected chi connectivity index (χ1v) is 49.5. The predicted octanol–water partition coefficient (Wildman–Crippen LogP) is 10.7. The average molecular weight is 1940 g/mol. The lowest BCUT2D eigenvalue weighted by Crippen LogP contribution is -2.59. The van der Waals surface area contributed by atoms with Crippen LogP contribution in [0, 0.1) is 40.8 Å². The monoisotopic (exact) mass is 1940 g/mol. The number of nitrogens with one attached hydrogen (secondary N) is 9. The summed E-state index contributed by atoms with van der Waals surface area (Å²) in [5.41, 5.74) is 8.85. The predicted molar refractivity (Wildman–Crippen MR) is 517 cm³/mol. The lowest BCUT2D eigenvalue weighted by Gasteiger charge is -2.40. The highest BCUT2D eigenvalue weighted by atomic mass is 32.2. The van der Waals surface area contributed by atoms with Crippen LogP contribution in [0.2, 0.25) is 0 Å². The van der Waals surface area contributed by atoms with Crippen molar-refractivity contribution >= 4 is 104 Å². The van der Waals surface area contributed by atoms with Crippen molar-refractivity contribution in [3.8, 4) is 11.8 Å². The molecule has 5 aromatic carbocycles. The number of anilines is 2. The number of rotatable bonds is 57. The molecule has 8 atom stereocenters. The summed E-state index contributed by atoms with van der Waals surface area (Å²) in [6, 6.07) is 26.9. The molecule has 0 aliphatic carbocycles. The van der Waals surface area contributed by atoms with Gasteiger partial charge in [-0.3, -0.25) is 52.8 Å². The van der Waals surface area contributed by atoms with Crippen molar-refractivity contribution in [2.45, 2.75) is 239 Å². The number of unbranched alkanes of at least 4 members (excludes halogenated alkanes) is 3. The number of esters is 1. The van der Waals surface area contributed by atoms with E-state index in [1.54, 1.807) is 43.0 Å². The number of piperidine rings is 1. The molecule has 1 aromatic heterocycles. The number of fused-ring (bicyclic) bond motifs is 2. The molecule has 0 bridgehead atoms. The minimum absolute atomic E-state index is 0.0157. The van der Waals surface area contributed by atoms with Crippen molar-refractivity contribution in [1.82, 2.24) is 56.7 Å². The number of benzene rings is 5. The Labute approximate surface area is 807 Å². The number of thiazole rings is 1. The summed E-state index contributed by atoms with van der Waals surface area (Å²) in [4.78, 5) is 172. The van der Waals surface area contributed by atoms with Crippen LogP contribution in [0.25, 0.3) is 0 Å². The Morgan fingerprint density at radius 3 is 1.97 bits per heavy atom. The first kappa shape index (κ1) is 111. The summed E-state index contributed by atoms with van der Waals surface area (Å²) in [6.07, 6.45) is 5.16. The second kappa shape index (κ2) is 56.8. The maximum absolute atomic E-state index is 15.2. The number of halogens is 1. The van der Waals surface area contributed by atoms with Crippen molar-refractivity contribution in [3.05, 3.63) is 177 Å². The van der Waals surface area contributed by atoms with Gasteiger partial charge in [0.2, 0.25) is 47.3 Å². The zero-order valence-electron chi connectivity index (χ0n) is 80.5. The van der Waals surface area contributed by atoms with E-state index in [0.717, 1.165) is 66.7 Å². The molecule has 12 amide bonds. The van der Waals surface area contributed by atoms with E-state index in [9.17, 15) is 65.5 Å². The van der Waals surface area contributed by atoms with Gasteiger partial charge in [-0.05, 0) is 153 Å². The van der Waals surface area contributed by atoms with Gasteiger partial charge >= 0.3 is 18.1 Å². The molecule has 2 aliphatic rings. The van der Waals surface area contributed by atoms with Crippen LogP contribution in [0.3, 0.4) is 0 Å². The molecule has 11 N–H and O–H groups in total. The minimum atomic E-state index is -4.53. The van der Waals surface area contributed by atoms with Gasteiger partial charge in [-0.2, -0.15) is 0 Å². The third-order valence-corrected chi connectivity index (χ3v) is 26.0. The van der Waals surface area contributed by atoms with Crippen LogP contribution in [-0.2, 0) is 108 Å². The van der Waals surface area contributed by atoms with Crippen molar-refractivity contribution in [3.63, 3.8) is 0 Å². The highest BCUT2D eigenvalue weighted by Crippen LogP contribution is 2.34. The molecule has 1 fully saturated rings. The SMILES string of the molecule is CCCCCCN(C(=O)[C@@H](NC(=O)[C@H]1CCCCN1C)[C@@H](C)CC)[C@H](C[C@@H](OC(C)=O)c1nc(C(=O)N[C@@H](Cc2ccc(F)cc2)CC(C)(C)C(=O)NS(=O)(=O)c2ccc(CNC(=O)OCc3ccc(NC(=O)[C@H](CCCNC(N)=O)NC(=O)[C@@H](NC(=O)CCOCCOCCOCCOCCNC(=O)CCC(=O)N4Cc5ccccc5C#Cc5ccccc54)C(C)C)cc3)cc2)cs1)C(C)C. The fourth-order valence-corrected chi connectivity index (χ4v) is 17.7. The van der Waals surface area contributed by atoms with E-state index in [1.807, 2.05) is 93.1 Å². The lowest BCUT2D eigenvalue weighted by atomic mass is 9.83. The standard InChI is InChI=1S/C100H137FN14O20S2/c1-12-14-15-21-50-114(96(124)90(68(7)13-2)111-93(122)83-29-20-22-49-113(83)11)84(66(3)4)60-85(135-69(8)116)95-109-81(65-136-95)92(121)107-78(59-70-30-38-76(101)39-31-70)61-100(9,10)97(125)112-137(128,129)79-42-34-71(35-43-79)62-105-99(127)134-64-72-32-40-77(41-33-72)106-91(120)80(27-23-47-104-98(102)126)108-94(123)89(67(5)6)110-87(118)46-51-130-53-55-132-57-58-133-56-54-131-52-48-103-86(117)44-45-88(119)115-63-75-26-17-16-24-73(75)36-37-74-25-18-19-28-82(74)115/h16-19,24-26,28,30-35,38-43,65-68,78,80,83-85,89-90H,12-15,20-23,27,29,44-64H2,1-11H3,(H,103,117)(H,105,127)(H,106,120)(H,107,121)(H,108,123)(H,110,118)(H,111,122)(H,112,125)(H3,102,104,126)/t68-,78-,80-,83+,84+,85+,89-,90-/m0/s1. The van der Waals surface area contributed by atoms with Gasteiger partial charge < -0.3 is 86.5 Å². The molecule has 34 nitrogen and oxygen atoms in total. The molecule has 0 saturated carbocycles. The Kier molecular flexibility index (Phi) is 45.8. The molecule has 3 heterocycles. The number of carbonyl (C=O) groups is 12. The van der Waals surface area contributed by atoms with Gasteiger partial charge in [-0.25, -0.2) is 32.1 Å². The number of para-hydroxylation sites is 1. The van der Waals surface area contributed by atoms with Gasteiger partial charge in [-0.15, -0.1) is 11.3 Å². The van der Waals surface area contributed by atoms with Crippen LogP contribution in [0.5, 0.6) is 0 Å². The molecular weight excluding hydrogens is 1800 g/mol. The van der Waals surface area contributed by atoms with Crippen molar-refractivity contribution in [2.24, 2.45) is 28.9 Å². The number of aromatic nitrogens is 1. The zero-order valence-corrected chi connectivity index (χ0v) is 82.2. The van der Waals surface area contributed by atoms with Crippen LogP contribution in [0.4, 0.5) is 25.4 Å². The van der Waals surface area contributed by atoms with Crippen LogP contribution < -0.4 is 57.9 Å². The third-order valence-electron chi connectivity index (χ3n) is 23.7. The van der Waals surface area contributed by atoms with Gasteiger partial charge in [0, 0.05) is 98.5 Å². The molecule has 0 spiro atoms. The zero-order chi connectivity index (χ0) is 99.6. The van der Waals surface area contributed by atoms with Crippen LogP contribution in [0.15, 0.2) is 132 Å². The Balaban J connectivity index is 0.743. The Bertz CT molecular complexity index is 5150. The number of amides is 12. The van der Waals surface area contributed by atoms with E-state index in [1.165, 1.54) is 74.7 Å². The number of urea groups is 1. The number of likely N-dealkylation sites (tertiary alicyclic amines) is 1. The van der Waals surface area contributed by atoms with E-state index >= 15 is 4.79 Å². The van der Waals surface area contributed by atoms with E-state index < -0.39 is 111 Å². The second-order valence-corrected chi connectivity index (χ2v) is 38.3. The molecular formula is C100H137FN14O20S2. The number of sulfonamides is 1. The fraction of sp³-hybridized carbons (Fsp3) is 0.530. The molecule has 6 aromatic rings. The summed E-state index contributed by atoms with van der Waals surface area (Å²) in [5, 5.41) is 24.1. The normalized spacial score (nSPS) is 14.7. The van der Waals surface area contributed by atoms with E-state index in [4.69, 9.17) is 39.1 Å². The number of hydrogen-bond donors (Lipinski definition) is 10. The van der Waals surface area contributed by atoms with E-state index in [2.05, 4.69) is 66.0 Å². The summed E-state index contributed by atoms with van der Waals surface area (Å²) in [7, 11) is -2.60. The Hall–Kier alpha value is -11.8. The summed E-state index contributed by atoms with van der Waals surface area (Å²) in [5.74, 6) is 0.311. The fourth-order valence-electron chi connectivity index (χ4n) is 15.7. The quantitative estimate of drug-likeness (QED) is 0.00963. The average Bonchev–Trinajstić information content (AvgIpc) is 1.33. The Morgan fingerprint density at radius 1 is 0.664 bits per heavy atom. The van der Waals surface area contributed by atoms with Crippen LogP contribution in [-0.4, -0.2) is 217 Å². The van der Waals surface area contributed by atoms with E-state index in [0.29, 0.717) is 60.4 Å². The summed E-state index contributed by atoms with van der Waals surface area (Å²) in [6.45, 7) is 21.1. The summed E-state index contributed by atoms with van der Waals surface area (Å²) >= 11 is 1.09. The molecule has 2 aliphatic heterocycles. The Morgan fingerprint density at radius 2 is 1.31 bits per heavy atom. The molecule has 0 unspecified atom stereocenters. The number of likely N-dealkylation sites (N-methyl/N-ethyl adjacent to an activating group) is 1. The highest BCUT2D eigenvalue weighted by Gasteiger charge is 2.41. The smallest absolute Gasteiger partial charge is 0.407 e. The molecule has 137 heavy (non-hydrogen) atoms. The summed E-state index contributed by atoms with van der Waals surface area (Å²) < 4.78 is 78.1. The molecule has 37 heteroatoms. The first-order chi connectivity index (χ1) is 65.5. The maximum atomic E-state index is 15.2. The van der Waals surface area contributed by atoms with E-state index in [-0.39, 0.29) is 188 Å². The van der Waals surface area contributed by atoms with Gasteiger partial charge in [0.1, 0.15) is 41.3 Å². The molecule has 746 valence electrons. The number of nitrogens with zero attached hydrogens (tertiary/aromatic N) is 4. The van der Waals surface area contributed by atoms with Gasteiger partial charge in [-0.1, -0.05) is 173 Å². The third kappa shape index (κ3) is 37.2. The number of primary amides is 1. The number of hydrogen-bond acceptors (Lipinski definition) is 23. The van der Waals surface area contributed by atoms with Crippen LogP contribution in [0.1, 0.15) is 221 Å². The number of alkyl carbamates (subject to hydrolysis) is 1.